The fraction of sp³-hybridized carbons (Fsp3) is 0.133. The van der Waals surface area contributed by atoms with E-state index in [1.54, 1.807) is 24.3 Å². The number of nitrogens with zero attached hydrogens (tertiary/aromatic N) is 3. The summed E-state index contributed by atoms with van der Waals surface area (Å²) in [6.07, 6.45) is -2.27. The Bertz CT molecular complexity index is 959. The molecule has 0 saturated carbocycles. The number of imidazole rings is 1. The minimum absolute atomic E-state index is 0.546. The number of halogens is 3. The number of aromatic nitrogens is 3. The van der Waals surface area contributed by atoms with Crippen LogP contribution in [0.3, 0.4) is 0 Å². The summed E-state index contributed by atoms with van der Waals surface area (Å²) in [5, 5.41) is 0. The molecule has 0 spiro atoms. The number of benzene rings is 1. The molecule has 0 saturated heterocycles. The largest absolute Gasteiger partial charge is 0.421 e. The molecule has 124 valence electrons. The first-order valence-corrected chi connectivity index (χ1v) is 6.85. The second-order valence-corrected chi connectivity index (χ2v) is 4.99. The van der Waals surface area contributed by atoms with E-state index in [2.05, 4.69) is 10.4 Å². The zero-order valence-electron chi connectivity index (χ0n) is 12.1. The first kappa shape index (κ1) is 15.8. The van der Waals surface area contributed by atoms with Crippen LogP contribution in [-0.2, 0) is 17.5 Å². The lowest BCUT2D eigenvalue weighted by molar-refractivity contribution is -0.139. The number of hydrogen-bond donors (Lipinski definition) is 1. The van der Waals surface area contributed by atoms with Gasteiger partial charge in [0.2, 0.25) is 0 Å². The number of fused-ring (bicyclic) bond motifs is 1. The number of para-hydroxylation sites is 2. The van der Waals surface area contributed by atoms with Crippen molar-refractivity contribution < 1.29 is 18.0 Å². The summed E-state index contributed by atoms with van der Waals surface area (Å²) >= 11 is 0. The summed E-state index contributed by atoms with van der Waals surface area (Å²) in [6, 6.07) is 8.76. The Morgan fingerprint density at radius 1 is 1.17 bits per heavy atom. The van der Waals surface area contributed by atoms with Gasteiger partial charge in [0, 0.05) is 6.20 Å². The van der Waals surface area contributed by atoms with Crippen molar-refractivity contribution in [2.75, 3.05) is 5.43 Å². The monoisotopic (exact) mass is 336 g/mol. The highest BCUT2D eigenvalue weighted by molar-refractivity contribution is 5.86. The van der Waals surface area contributed by atoms with Crippen LogP contribution in [0.5, 0.6) is 0 Å². The molecule has 1 aromatic carbocycles. The predicted molar refractivity (Wildman–Crippen MR) is 79.8 cm³/mol. The van der Waals surface area contributed by atoms with Crippen molar-refractivity contribution in [2.24, 2.45) is 0 Å². The van der Waals surface area contributed by atoms with E-state index in [1.165, 1.54) is 11.0 Å². The number of pyridine rings is 1. The molecule has 0 unspecified atom stereocenters. The SMILES string of the molecule is O=C(Cn1cccc(C(F)(F)F)c1=O)Nn1cnc2ccccc21. The molecule has 2 aromatic heterocycles. The number of nitrogens with one attached hydrogen (secondary N) is 1. The van der Waals surface area contributed by atoms with Crippen LogP contribution in [0, 0.1) is 0 Å². The van der Waals surface area contributed by atoms with Crippen LogP contribution >= 0.6 is 0 Å². The highest BCUT2D eigenvalue weighted by Crippen LogP contribution is 2.25. The molecule has 6 nitrogen and oxygen atoms in total. The summed E-state index contributed by atoms with van der Waals surface area (Å²) < 4.78 is 40.2. The van der Waals surface area contributed by atoms with Gasteiger partial charge in [-0.25, -0.2) is 9.66 Å². The molecule has 0 radical (unpaired) electrons. The highest BCUT2D eigenvalue weighted by atomic mass is 19.4. The third-order valence-electron chi connectivity index (χ3n) is 3.34. The summed E-state index contributed by atoms with van der Waals surface area (Å²) in [5.41, 5.74) is 1.17. The minimum Gasteiger partial charge on any atom is -0.306 e. The molecule has 0 aliphatic rings. The van der Waals surface area contributed by atoms with Crippen LogP contribution in [0.25, 0.3) is 11.0 Å². The number of carbonyl (C=O) groups excluding carboxylic acids is 1. The van der Waals surface area contributed by atoms with Crippen molar-refractivity contribution in [1.82, 2.24) is 14.2 Å². The average molecular weight is 336 g/mol. The Hall–Kier alpha value is -3.10. The standard InChI is InChI=1S/C15H11F3N4O2/c16-15(17,18)10-4-3-7-21(14(10)24)8-13(23)20-22-9-19-11-5-1-2-6-12(11)22/h1-7,9H,8H2,(H,20,23). The second-order valence-electron chi connectivity index (χ2n) is 4.99. The van der Waals surface area contributed by atoms with E-state index in [9.17, 15) is 22.8 Å². The number of amides is 1. The van der Waals surface area contributed by atoms with E-state index in [-0.39, 0.29) is 0 Å². The number of carbonyl (C=O) groups is 1. The maximum absolute atomic E-state index is 12.7. The van der Waals surface area contributed by atoms with Gasteiger partial charge in [-0.05, 0) is 24.3 Å². The molecule has 0 aliphatic carbocycles. The Labute approximate surface area is 133 Å². The zero-order chi connectivity index (χ0) is 17.3. The van der Waals surface area contributed by atoms with Gasteiger partial charge < -0.3 is 4.57 Å². The predicted octanol–water partition coefficient (Wildman–Crippen LogP) is 1.99. The number of alkyl halides is 3. The van der Waals surface area contributed by atoms with Gasteiger partial charge in [0.05, 0.1) is 11.0 Å². The fourth-order valence-corrected chi connectivity index (χ4v) is 2.25. The molecule has 9 heteroatoms. The van der Waals surface area contributed by atoms with Gasteiger partial charge in [0.1, 0.15) is 18.4 Å². The zero-order valence-corrected chi connectivity index (χ0v) is 12.1. The maximum atomic E-state index is 12.7. The maximum Gasteiger partial charge on any atom is 0.421 e. The van der Waals surface area contributed by atoms with Gasteiger partial charge in [-0.1, -0.05) is 12.1 Å². The van der Waals surface area contributed by atoms with Crippen molar-refractivity contribution in [3.05, 3.63) is 64.8 Å². The van der Waals surface area contributed by atoms with Gasteiger partial charge in [0.25, 0.3) is 11.5 Å². The fourth-order valence-electron chi connectivity index (χ4n) is 2.25. The van der Waals surface area contributed by atoms with E-state index in [1.807, 2.05) is 0 Å². The van der Waals surface area contributed by atoms with Crippen LogP contribution in [-0.4, -0.2) is 20.1 Å². The molecule has 2 heterocycles. The molecule has 0 fully saturated rings. The first-order chi connectivity index (χ1) is 11.4. The summed E-state index contributed by atoms with van der Waals surface area (Å²) in [6.45, 7) is -0.546. The van der Waals surface area contributed by atoms with Crippen molar-refractivity contribution in [1.29, 1.82) is 0 Å². The molecule has 0 aliphatic heterocycles. The van der Waals surface area contributed by atoms with Gasteiger partial charge in [0.15, 0.2) is 0 Å². The molecule has 24 heavy (non-hydrogen) atoms. The van der Waals surface area contributed by atoms with Crippen LogP contribution in [0.1, 0.15) is 5.56 Å². The molecule has 0 bridgehead atoms. The van der Waals surface area contributed by atoms with Gasteiger partial charge in [-0.3, -0.25) is 15.0 Å². The lowest BCUT2D eigenvalue weighted by Crippen LogP contribution is -2.33. The van der Waals surface area contributed by atoms with Crippen LogP contribution in [0.2, 0.25) is 0 Å². The number of rotatable bonds is 3. The molecule has 1 N–H and O–H groups in total. The third kappa shape index (κ3) is 3.00. The molecule has 1 amide bonds. The van der Waals surface area contributed by atoms with E-state index < -0.39 is 29.8 Å². The van der Waals surface area contributed by atoms with Crippen molar-refractivity contribution in [2.45, 2.75) is 12.7 Å². The van der Waals surface area contributed by atoms with Crippen LogP contribution in [0.4, 0.5) is 13.2 Å². The molecular formula is C15H11F3N4O2. The van der Waals surface area contributed by atoms with E-state index in [0.29, 0.717) is 21.7 Å². The summed E-state index contributed by atoms with van der Waals surface area (Å²) in [7, 11) is 0. The normalized spacial score (nSPS) is 11.6. The van der Waals surface area contributed by atoms with Gasteiger partial charge in [-0.15, -0.1) is 0 Å². The summed E-state index contributed by atoms with van der Waals surface area (Å²) in [5.74, 6) is -0.653. The Morgan fingerprint density at radius 2 is 1.92 bits per heavy atom. The molecule has 3 rings (SSSR count). The van der Waals surface area contributed by atoms with E-state index in [0.717, 1.165) is 12.3 Å². The van der Waals surface area contributed by atoms with E-state index >= 15 is 0 Å². The molecule has 3 aromatic rings. The average Bonchev–Trinajstić information content (AvgIpc) is 2.91. The van der Waals surface area contributed by atoms with Crippen LogP contribution < -0.4 is 11.0 Å². The van der Waals surface area contributed by atoms with Crippen molar-refractivity contribution in [3.8, 4) is 0 Å². The second kappa shape index (κ2) is 5.84. The quantitative estimate of drug-likeness (QED) is 0.795. The smallest absolute Gasteiger partial charge is 0.306 e. The Kier molecular flexibility index (Phi) is 3.84. The lowest BCUT2D eigenvalue weighted by Gasteiger charge is -2.11. The molecule has 0 atom stereocenters. The Balaban J connectivity index is 1.82. The van der Waals surface area contributed by atoms with Crippen molar-refractivity contribution in [3.63, 3.8) is 0 Å². The van der Waals surface area contributed by atoms with Crippen molar-refractivity contribution >= 4 is 16.9 Å². The minimum atomic E-state index is -4.77. The van der Waals surface area contributed by atoms with E-state index in [4.69, 9.17) is 0 Å². The highest BCUT2D eigenvalue weighted by Gasteiger charge is 2.34. The molecular weight excluding hydrogens is 325 g/mol. The lowest BCUT2D eigenvalue weighted by atomic mass is 10.2. The number of hydrogen-bond acceptors (Lipinski definition) is 3. The summed E-state index contributed by atoms with van der Waals surface area (Å²) in [4.78, 5) is 27.9. The Morgan fingerprint density at radius 3 is 2.67 bits per heavy atom. The van der Waals surface area contributed by atoms with Crippen LogP contribution in [0.15, 0.2) is 53.7 Å². The van der Waals surface area contributed by atoms with Gasteiger partial charge in [-0.2, -0.15) is 13.2 Å². The topological polar surface area (TPSA) is 68.9 Å². The first-order valence-electron chi connectivity index (χ1n) is 6.85. The van der Waals surface area contributed by atoms with Gasteiger partial charge >= 0.3 is 6.18 Å². The third-order valence-corrected chi connectivity index (χ3v) is 3.34.